The summed E-state index contributed by atoms with van der Waals surface area (Å²) in [4.78, 5) is -1.76. The van der Waals surface area contributed by atoms with Crippen LogP contribution >= 0.6 is 0 Å². The molecule has 5 nitrogen and oxygen atoms in total. The first-order valence-corrected chi connectivity index (χ1v) is 6.10. The van der Waals surface area contributed by atoms with Gasteiger partial charge in [-0.15, -0.1) is 0 Å². The number of hydrogen-bond donors (Lipinski definition) is 3. The van der Waals surface area contributed by atoms with Crippen molar-refractivity contribution in [3.63, 3.8) is 0 Å². The van der Waals surface area contributed by atoms with E-state index in [0.29, 0.717) is 10.9 Å². The predicted octanol–water partition coefficient (Wildman–Crippen LogP) is -1.22. The molecule has 86 valence electrons. The number of anilines is 1. The van der Waals surface area contributed by atoms with Crippen molar-refractivity contribution in [3.05, 3.63) is 28.6 Å². The Hall–Kier alpha value is -1.37. The highest BCUT2D eigenvalue weighted by atomic mass is 32.2. The van der Waals surface area contributed by atoms with Crippen molar-refractivity contribution in [1.82, 2.24) is 0 Å². The summed E-state index contributed by atoms with van der Waals surface area (Å²) in [5.74, 6) is 0. The van der Waals surface area contributed by atoms with Crippen LogP contribution in [0.4, 0.5) is 5.69 Å². The van der Waals surface area contributed by atoms with Crippen LogP contribution in [0.2, 0.25) is 0 Å². The van der Waals surface area contributed by atoms with Gasteiger partial charge in [-0.3, -0.25) is 4.55 Å². The first kappa shape index (κ1) is 11.1. The van der Waals surface area contributed by atoms with Gasteiger partial charge < -0.3 is 11.5 Å². The summed E-state index contributed by atoms with van der Waals surface area (Å²) in [7, 11) is -4.33. The van der Waals surface area contributed by atoms with Crippen molar-refractivity contribution in [3.8, 4) is 0 Å². The van der Waals surface area contributed by atoms with Crippen LogP contribution in [0.25, 0.3) is 12.2 Å². The fraction of sp³-hybridized carbons (Fsp3) is 0.200. The lowest BCUT2D eigenvalue weighted by Crippen LogP contribution is -2.50. The van der Waals surface area contributed by atoms with Gasteiger partial charge in [0.05, 0.1) is 0 Å². The van der Waals surface area contributed by atoms with E-state index in [1.165, 1.54) is 6.08 Å². The van der Waals surface area contributed by atoms with Crippen molar-refractivity contribution in [2.45, 2.75) is 11.3 Å². The quantitative estimate of drug-likeness (QED) is 0.421. The van der Waals surface area contributed by atoms with Gasteiger partial charge >= 0.3 is 0 Å². The molecule has 1 aliphatic rings. The van der Waals surface area contributed by atoms with E-state index in [-0.39, 0.29) is 6.42 Å². The van der Waals surface area contributed by atoms with Gasteiger partial charge in [0.2, 0.25) is 0 Å². The topological polar surface area (TPSA) is 106 Å². The first-order chi connectivity index (χ1) is 7.32. The lowest BCUT2D eigenvalue weighted by atomic mass is 10.0. The molecule has 0 heterocycles. The molecule has 0 bridgehead atoms. The Balaban J connectivity index is 2.73. The van der Waals surface area contributed by atoms with E-state index < -0.39 is 15.0 Å². The molecule has 1 aromatic rings. The molecule has 0 saturated heterocycles. The molecule has 5 N–H and O–H groups in total. The molecule has 0 amide bonds. The third-order valence-corrected chi connectivity index (χ3v) is 3.88. The van der Waals surface area contributed by atoms with Crippen LogP contribution in [0, 0.1) is 0 Å². The van der Waals surface area contributed by atoms with Crippen LogP contribution in [0.3, 0.4) is 0 Å². The molecule has 2 rings (SSSR count). The number of hydrogen-bond acceptors (Lipinski definition) is 4. The third-order valence-electron chi connectivity index (χ3n) is 2.63. The lowest BCUT2D eigenvalue weighted by molar-refractivity contribution is 0.454. The van der Waals surface area contributed by atoms with Crippen LogP contribution in [0.1, 0.15) is 6.42 Å². The van der Waals surface area contributed by atoms with Crippen molar-refractivity contribution >= 4 is 28.0 Å². The monoisotopic (exact) mass is 240 g/mol. The number of nitrogen functional groups attached to an aromatic ring is 1. The minimum Gasteiger partial charge on any atom is -0.399 e. The maximum Gasteiger partial charge on any atom is 0.287 e. The summed E-state index contributed by atoms with van der Waals surface area (Å²) >= 11 is 0. The van der Waals surface area contributed by atoms with Crippen molar-refractivity contribution in [2.24, 2.45) is 5.73 Å². The number of benzene rings is 1. The third kappa shape index (κ3) is 1.71. The van der Waals surface area contributed by atoms with E-state index >= 15 is 0 Å². The van der Waals surface area contributed by atoms with E-state index in [4.69, 9.17) is 16.0 Å². The average Bonchev–Trinajstić information content (AvgIpc) is 2.15. The van der Waals surface area contributed by atoms with Crippen molar-refractivity contribution in [1.29, 1.82) is 0 Å². The Labute approximate surface area is 92.8 Å². The van der Waals surface area contributed by atoms with Crippen LogP contribution in [-0.2, 0) is 10.1 Å². The Bertz CT molecular complexity index is 651. The second-order valence-electron chi connectivity index (χ2n) is 3.87. The van der Waals surface area contributed by atoms with Gasteiger partial charge in [-0.1, -0.05) is 12.1 Å². The van der Waals surface area contributed by atoms with Crippen LogP contribution < -0.4 is 21.9 Å². The summed E-state index contributed by atoms with van der Waals surface area (Å²) in [5.41, 5.74) is 11.7. The smallest absolute Gasteiger partial charge is 0.287 e. The highest BCUT2D eigenvalue weighted by Gasteiger charge is 2.36. The van der Waals surface area contributed by atoms with Gasteiger partial charge in [0.25, 0.3) is 10.1 Å². The molecule has 1 aromatic carbocycles. The average molecular weight is 240 g/mol. The molecule has 0 radical (unpaired) electrons. The van der Waals surface area contributed by atoms with Gasteiger partial charge in [-0.2, -0.15) is 8.42 Å². The van der Waals surface area contributed by atoms with Gasteiger partial charge in [-0.25, -0.2) is 0 Å². The maximum absolute atomic E-state index is 11.2. The fourth-order valence-electron chi connectivity index (χ4n) is 1.68. The molecule has 0 saturated carbocycles. The van der Waals surface area contributed by atoms with Crippen molar-refractivity contribution < 1.29 is 13.0 Å². The van der Waals surface area contributed by atoms with Crippen molar-refractivity contribution in [2.75, 3.05) is 5.73 Å². The van der Waals surface area contributed by atoms with Gasteiger partial charge in [0.1, 0.15) is 0 Å². The molecule has 1 aliphatic carbocycles. The molecular weight excluding hydrogens is 228 g/mol. The van der Waals surface area contributed by atoms with E-state index in [1.807, 2.05) is 0 Å². The number of rotatable bonds is 1. The van der Waals surface area contributed by atoms with E-state index in [0.717, 1.165) is 5.22 Å². The Kier molecular flexibility index (Phi) is 2.30. The minimum absolute atomic E-state index is 0.0444. The molecular formula is C10H12N2O3S. The summed E-state index contributed by atoms with van der Waals surface area (Å²) in [5, 5.41) is 1.48. The molecule has 16 heavy (non-hydrogen) atoms. The fourth-order valence-corrected chi connectivity index (χ4v) is 2.25. The number of fused-ring (bicyclic) bond motifs is 1. The van der Waals surface area contributed by atoms with Gasteiger partial charge in [0, 0.05) is 12.1 Å². The molecule has 0 fully saturated rings. The predicted molar refractivity (Wildman–Crippen MR) is 62.1 cm³/mol. The Morgan fingerprint density at radius 1 is 1.31 bits per heavy atom. The summed E-state index contributed by atoms with van der Waals surface area (Å²) in [6.45, 7) is 0. The van der Waals surface area contributed by atoms with Crippen LogP contribution in [-0.4, -0.2) is 17.8 Å². The summed E-state index contributed by atoms with van der Waals surface area (Å²) in [6.07, 6.45) is 3.04. The molecule has 0 aromatic heterocycles. The minimum atomic E-state index is -4.33. The zero-order valence-electron chi connectivity index (χ0n) is 8.42. The molecule has 6 heteroatoms. The normalized spacial score (nSPS) is 24.1. The highest BCUT2D eigenvalue weighted by Crippen LogP contribution is 2.18. The maximum atomic E-state index is 11.2. The standard InChI is InChI=1S/C10H12N2O3S/c11-9-2-1-7-3-4-10(12,16(13,14)15)6-8(7)5-9/h1-3,5-6H,4,11-12H2,(H,13,14,15). The lowest BCUT2D eigenvalue weighted by Gasteiger charge is -2.23. The first-order valence-electron chi connectivity index (χ1n) is 4.66. The highest BCUT2D eigenvalue weighted by molar-refractivity contribution is 7.87. The van der Waals surface area contributed by atoms with Crippen LogP contribution in [0.5, 0.6) is 0 Å². The zero-order valence-corrected chi connectivity index (χ0v) is 9.24. The zero-order chi connectivity index (χ0) is 12.0. The molecule has 0 aliphatic heterocycles. The largest absolute Gasteiger partial charge is 0.399 e. The van der Waals surface area contributed by atoms with Gasteiger partial charge in [0.15, 0.2) is 4.87 Å². The van der Waals surface area contributed by atoms with Crippen LogP contribution in [0.15, 0.2) is 18.2 Å². The van der Waals surface area contributed by atoms with E-state index in [1.54, 1.807) is 24.3 Å². The summed E-state index contributed by atoms with van der Waals surface area (Å²) < 4.78 is 31.4. The molecule has 0 spiro atoms. The number of nitrogens with two attached hydrogens (primary N) is 2. The van der Waals surface area contributed by atoms with Gasteiger partial charge in [-0.05, 0) is 28.6 Å². The second-order valence-corrected chi connectivity index (χ2v) is 5.58. The summed E-state index contributed by atoms with van der Waals surface area (Å²) in [6, 6.07) is 5.13. The second kappa shape index (κ2) is 3.31. The SMILES string of the molecule is Nc1ccc2c(c1)=CC(N)(S(=O)(=O)O)CC=2. The molecule has 1 unspecified atom stereocenters. The van der Waals surface area contributed by atoms with E-state index in [2.05, 4.69) is 0 Å². The Morgan fingerprint density at radius 3 is 2.62 bits per heavy atom. The Morgan fingerprint density at radius 2 is 2.00 bits per heavy atom. The van der Waals surface area contributed by atoms with E-state index in [9.17, 15) is 8.42 Å². The molecule has 1 atom stereocenters.